The molecule has 1 aliphatic carbocycles. The van der Waals surface area contributed by atoms with Crippen LogP contribution in [0.2, 0.25) is 0 Å². The van der Waals surface area contributed by atoms with E-state index in [2.05, 4.69) is 41.5 Å². The highest BCUT2D eigenvalue weighted by Gasteiger charge is 2.26. The molecule has 2 heteroatoms. The van der Waals surface area contributed by atoms with E-state index in [4.69, 9.17) is 0 Å². The zero-order valence-corrected chi connectivity index (χ0v) is 10.7. The molecular weight excluding hydrogens is 208 g/mol. The van der Waals surface area contributed by atoms with E-state index in [9.17, 15) is 0 Å². The van der Waals surface area contributed by atoms with Gasteiger partial charge in [-0.15, -0.1) is 0 Å². The monoisotopic (exact) mass is 230 g/mol. The van der Waals surface area contributed by atoms with Gasteiger partial charge in [-0.2, -0.15) is 0 Å². The Morgan fingerprint density at radius 1 is 1.35 bits per heavy atom. The fourth-order valence-electron chi connectivity index (χ4n) is 3.19. The number of nitrogens with zero attached hydrogens (tertiary/aromatic N) is 1. The lowest BCUT2D eigenvalue weighted by Crippen LogP contribution is -2.46. The van der Waals surface area contributed by atoms with Gasteiger partial charge in [0, 0.05) is 25.0 Å². The number of benzene rings is 1. The van der Waals surface area contributed by atoms with E-state index in [1.165, 1.54) is 32.4 Å². The zero-order valence-electron chi connectivity index (χ0n) is 10.7. The molecule has 1 fully saturated rings. The second kappa shape index (κ2) is 4.79. The number of likely N-dealkylation sites (tertiary alicyclic amines) is 1. The Hall–Kier alpha value is -0.860. The molecule has 2 aliphatic rings. The normalized spacial score (nSPS) is 28.5. The molecule has 92 valence electrons. The van der Waals surface area contributed by atoms with E-state index in [0.29, 0.717) is 6.04 Å². The number of likely N-dealkylation sites (N-methyl/N-ethyl adjacent to an activating group) is 1. The molecule has 2 unspecified atom stereocenters. The summed E-state index contributed by atoms with van der Waals surface area (Å²) >= 11 is 0. The van der Waals surface area contributed by atoms with Crippen molar-refractivity contribution in [2.45, 2.75) is 31.2 Å². The van der Waals surface area contributed by atoms with Crippen LogP contribution in [-0.2, 0) is 6.42 Å². The van der Waals surface area contributed by atoms with Crippen molar-refractivity contribution >= 4 is 0 Å². The van der Waals surface area contributed by atoms with Crippen LogP contribution in [0.5, 0.6) is 0 Å². The first-order valence-corrected chi connectivity index (χ1v) is 6.82. The van der Waals surface area contributed by atoms with Gasteiger partial charge in [0.2, 0.25) is 0 Å². The van der Waals surface area contributed by atoms with Crippen molar-refractivity contribution in [1.82, 2.24) is 10.2 Å². The van der Waals surface area contributed by atoms with Crippen molar-refractivity contribution in [3.63, 3.8) is 0 Å². The molecule has 0 saturated carbocycles. The third-order valence-corrected chi connectivity index (χ3v) is 4.24. The summed E-state index contributed by atoms with van der Waals surface area (Å²) in [5.41, 5.74) is 3.13. The minimum Gasteiger partial charge on any atom is -0.312 e. The molecule has 0 aromatic heterocycles. The van der Waals surface area contributed by atoms with E-state index in [1.54, 1.807) is 11.1 Å². The Labute approximate surface area is 104 Å². The Morgan fingerprint density at radius 3 is 3.06 bits per heavy atom. The van der Waals surface area contributed by atoms with Gasteiger partial charge in [-0.25, -0.2) is 0 Å². The maximum atomic E-state index is 3.75. The predicted molar refractivity (Wildman–Crippen MR) is 71.4 cm³/mol. The van der Waals surface area contributed by atoms with Gasteiger partial charge in [0.15, 0.2) is 0 Å². The second-order valence-electron chi connectivity index (χ2n) is 5.61. The predicted octanol–water partition coefficient (Wildman–Crippen LogP) is 2.01. The van der Waals surface area contributed by atoms with Crippen LogP contribution >= 0.6 is 0 Å². The molecule has 1 heterocycles. The molecule has 0 spiro atoms. The third-order valence-electron chi connectivity index (χ3n) is 4.24. The molecular formula is C15H22N2. The molecule has 0 radical (unpaired) electrons. The van der Waals surface area contributed by atoms with E-state index in [-0.39, 0.29) is 0 Å². The molecule has 3 rings (SSSR count). The first kappa shape index (κ1) is 11.2. The van der Waals surface area contributed by atoms with Crippen LogP contribution in [0, 0.1) is 0 Å². The van der Waals surface area contributed by atoms with Gasteiger partial charge in [0.1, 0.15) is 0 Å². The minimum atomic E-state index is 0.710. The summed E-state index contributed by atoms with van der Waals surface area (Å²) in [6.45, 7) is 3.65. The average Bonchev–Trinajstić information content (AvgIpc) is 2.30. The Morgan fingerprint density at radius 2 is 2.24 bits per heavy atom. The largest absolute Gasteiger partial charge is 0.312 e. The first-order valence-electron chi connectivity index (χ1n) is 6.82. The fraction of sp³-hybridized carbons (Fsp3) is 0.600. The van der Waals surface area contributed by atoms with Gasteiger partial charge in [-0.05, 0) is 44.0 Å². The van der Waals surface area contributed by atoms with Crippen molar-refractivity contribution < 1.29 is 0 Å². The number of nitrogens with one attached hydrogen (secondary N) is 1. The summed E-state index contributed by atoms with van der Waals surface area (Å²) in [6, 6.07) is 9.58. The highest BCUT2D eigenvalue weighted by atomic mass is 15.1. The lowest BCUT2D eigenvalue weighted by Gasteiger charge is -2.35. The quantitative estimate of drug-likeness (QED) is 0.854. The van der Waals surface area contributed by atoms with Crippen LogP contribution in [0.15, 0.2) is 24.3 Å². The standard InChI is InChI=1S/C15H22N2/c1-17-8-4-6-14(11-17)16-10-13-9-12-5-2-3-7-15(12)13/h2-3,5,7,13-14,16H,4,6,8-11H2,1H3. The van der Waals surface area contributed by atoms with Crippen LogP contribution in [-0.4, -0.2) is 37.6 Å². The van der Waals surface area contributed by atoms with Crippen molar-refractivity contribution in [2.24, 2.45) is 0 Å². The number of piperidine rings is 1. The molecule has 1 N–H and O–H groups in total. The summed E-state index contributed by atoms with van der Waals surface area (Å²) in [6.07, 6.45) is 3.96. The zero-order chi connectivity index (χ0) is 11.7. The third kappa shape index (κ3) is 2.38. The molecule has 1 aromatic rings. The molecule has 2 atom stereocenters. The van der Waals surface area contributed by atoms with Gasteiger partial charge in [-0.1, -0.05) is 24.3 Å². The molecule has 0 bridgehead atoms. The van der Waals surface area contributed by atoms with Gasteiger partial charge < -0.3 is 10.2 Å². The highest BCUT2D eigenvalue weighted by Crippen LogP contribution is 2.34. The van der Waals surface area contributed by atoms with Gasteiger partial charge in [-0.3, -0.25) is 0 Å². The smallest absolute Gasteiger partial charge is 0.0195 e. The highest BCUT2D eigenvalue weighted by molar-refractivity contribution is 5.40. The molecule has 0 amide bonds. The van der Waals surface area contributed by atoms with E-state index in [1.807, 2.05) is 0 Å². The number of hydrogen-bond acceptors (Lipinski definition) is 2. The van der Waals surface area contributed by atoms with Crippen molar-refractivity contribution in [2.75, 3.05) is 26.7 Å². The Balaban J connectivity index is 1.50. The minimum absolute atomic E-state index is 0.710. The van der Waals surface area contributed by atoms with Gasteiger partial charge >= 0.3 is 0 Å². The number of rotatable bonds is 3. The Bertz CT molecular complexity index is 388. The molecule has 1 aromatic carbocycles. The number of hydrogen-bond donors (Lipinski definition) is 1. The molecule has 2 nitrogen and oxygen atoms in total. The fourth-order valence-corrected chi connectivity index (χ4v) is 3.19. The van der Waals surface area contributed by atoms with E-state index >= 15 is 0 Å². The van der Waals surface area contributed by atoms with Gasteiger partial charge in [0.25, 0.3) is 0 Å². The van der Waals surface area contributed by atoms with Crippen LogP contribution in [0.3, 0.4) is 0 Å². The maximum Gasteiger partial charge on any atom is 0.0195 e. The summed E-state index contributed by atoms with van der Waals surface area (Å²) in [7, 11) is 2.23. The summed E-state index contributed by atoms with van der Waals surface area (Å²) < 4.78 is 0. The molecule has 1 aliphatic heterocycles. The lowest BCUT2D eigenvalue weighted by atomic mass is 9.77. The number of fused-ring (bicyclic) bond motifs is 1. The van der Waals surface area contributed by atoms with Crippen LogP contribution in [0.1, 0.15) is 29.9 Å². The van der Waals surface area contributed by atoms with E-state index in [0.717, 1.165) is 12.5 Å². The van der Waals surface area contributed by atoms with Crippen LogP contribution in [0.4, 0.5) is 0 Å². The summed E-state index contributed by atoms with van der Waals surface area (Å²) in [4.78, 5) is 2.44. The Kier molecular flexibility index (Phi) is 3.17. The molecule has 1 saturated heterocycles. The SMILES string of the molecule is CN1CCCC(NCC2Cc3ccccc32)C1. The molecule has 17 heavy (non-hydrogen) atoms. The summed E-state index contributed by atoms with van der Waals surface area (Å²) in [5.74, 6) is 0.762. The van der Waals surface area contributed by atoms with Crippen molar-refractivity contribution in [3.05, 3.63) is 35.4 Å². The van der Waals surface area contributed by atoms with E-state index < -0.39 is 0 Å². The lowest BCUT2D eigenvalue weighted by molar-refractivity contribution is 0.224. The first-order chi connectivity index (χ1) is 8.33. The summed E-state index contributed by atoms with van der Waals surface area (Å²) in [5, 5.41) is 3.75. The topological polar surface area (TPSA) is 15.3 Å². The average molecular weight is 230 g/mol. The van der Waals surface area contributed by atoms with Crippen LogP contribution < -0.4 is 5.32 Å². The van der Waals surface area contributed by atoms with Crippen molar-refractivity contribution in [3.8, 4) is 0 Å². The van der Waals surface area contributed by atoms with Gasteiger partial charge in [0.05, 0.1) is 0 Å². The van der Waals surface area contributed by atoms with Crippen LogP contribution in [0.25, 0.3) is 0 Å². The van der Waals surface area contributed by atoms with Crippen molar-refractivity contribution in [1.29, 1.82) is 0 Å². The second-order valence-corrected chi connectivity index (χ2v) is 5.61. The maximum absolute atomic E-state index is 3.75.